The van der Waals surface area contributed by atoms with Gasteiger partial charge in [-0.15, -0.1) is 0 Å². The Kier molecular flexibility index (Phi) is 8.35. The quantitative estimate of drug-likeness (QED) is 0.159. The Morgan fingerprint density at radius 3 is 2.50 bits per heavy atom. The molecule has 3 aromatic carbocycles. The van der Waals surface area contributed by atoms with Gasteiger partial charge in [0.1, 0.15) is 34.0 Å². The number of hydrogen-bond donors (Lipinski definition) is 1. The van der Waals surface area contributed by atoms with E-state index in [9.17, 15) is 19.1 Å². The number of furan rings is 1. The van der Waals surface area contributed by atoms with E-state index >= 15 is 0 Å². The minimum absolute atomic E-state index is 0.0230. The lowest BCUT2D eigenvalue weighted by Crippen LogP contribution is -2.30. The summed E-state index contributed by atoms with van der Waals surface area (Å²) in [5.74, 6) is -0.0333. The number of benzene rings is 3. The van der Waals surface area contributed by atoms with Crippen molar-refractivity contribution in [2.24, 2.45) is 0 Å². The van der Waals surface area contributed by atoms with Crippen LogP contribution in [0.15, 0.2) is 88.2 Å². The van der Waals surface area contributed by atoms with E-state index < -0.39 is 5.97 Å². The van der Waals surface area contributed by atoms with Crippen LogP contribution in [0.25, 0.3) is 17.4 Å². The Hall–Kier alpha value is -3.92. The van der Waals surface area contributed by atoms with E-state index in [1.54, 1.807) is 41.3 Å². The van der Waals surface area contributed by atoms with Gasteiger partial charge in [-0.3, -0.25) is 9.69 Å². The summed E-state index contributed by atoms with van der Waals surface area (Å²) in [5.41, 5.74) is 2.42. The van der Waals surface area contributed by atoms with Crippen LogP contribution < -0.4 is 4.74 Å². The standard InChI is InChI=1S/C30H21ClFNO5S2/c31-25-11-5-20(15-24(25)29(35)36)26-12-10-23(38-26)16-27-28(34)33(30(39)40-27)14-13-18-3-8-22(9-4-18)37-17-19-1-6-21(32)7-2-19/h1-12,15-16H,13-14,17H2,(H,35,36)/b27-16-. The predicted octanol–water partition coefficient (Wildman–Crippen LogP) is 7.46. The third kappa shape index (κ3) is 6.44. The lowest BCUT2D eigenvalue weighted by atomic mass is 10.1. The zero-order valence-electron chi connectivity index (χ0n) is 20.8. The van der Waals surface area contributed by atoms with Crippen molar-refractivity contribution in [3.8, 4) is 17.1 Å². The Bertz CT molecular complexity index is 1620. The molecular weight excluding hydrogens is 573 g/mol. The average molecular weight is 594 g/mol. The molecule has 1 N–H and O–H groups in total. The number of carboxylic acids is 1. The van der Waals surface area contributed by atoms with E-state index in [1.165, 1.54) is 36.0 Å². The molecule has 0 aliphatic carbocycles. The van der Waals surface area contributed by atoms with Crippen LogP contribution in [0, 0.1) is 5.82 Å². The summed E-state index contributed by atoms with van der Waals surface area (Å²) in [6.07, 6.45) is 2.23. The number of hydrogen-bond acceptors (Lipinski definition) is 6. The highest BCUT2D eigenvalue weighted by Gasteiger charge is 2.32. The van der Waals surface area contributed by atoms with Crippen LogP contribution in [0.2, 0.25) is 5.02 Å². The van der Waals surface area contributed by atoms with Crippen LogP contribution in [0.5, 0.6) is 5.75 Å². The number of thioether (sulfide) groups is 1. The monoisotopic (exact) mass is 593 g/mol. The van der Waals surface area contributed by atoms with Crippen molar-refractivity contribution in [2.45, 2.75) is 13.0 Å². The number of amides is 1. The Balaban J connectivity index is 1.19. The summed E-state index contributed by atoms with van der Waals surface area (Å²) in [4.78, 5) is 26.4. The number of rotatable bonds is 9. The minimum Gasteiger partial charge on any atom is -0.489 e. The molecule has 1 aromatic heterocycles. The van der Waals surface area contributed by atoms with Crippen LogP contribution >= 0.6 is 35.6 Å². The maximum absolute atomic E-state index is 13.1. The SMILES string of the molecule is O=C(O)c1cc(-c2ccc(/C=C3\SC(=S)N(CCc4ccc(OCc5ccc(F)cc5)cc4)C3=O)o2)ccc1Cl. The van der Waals surface area contributed by atoms with E-state index in [2.05, 4.69) is 0 Å². The smallest absolute Gasteiger partial charge is 0.337 e. The molecule has 4 aromatic rings. The van der Waals surface area contributed by atoms with Crippen molar-refractivity contribution >= 4 is 57.9 Å². The number of carbonyl (C=O) groups excluding carboxylic acids is 1. The maximum atomic E-state index is 13.1. The molecule has 0 bridgehead atoms. The molecule has 0 saturated carbocycles. The van der Waals surface area contributed by atoms with Crippen LogP contribution in [-0.2, 0) is 17.8 Å². The summed E-state index contributed by atoms with van der Waals surface area (Å²) in [6, 6.07) is 21.8. The molecule has 1 aliphatic rings. The first-order valence-electron chi connectivity index (χ1n) is 12.1. The number of carboxylic acid groups (broad SMARTS) is 1. The first kappa shape index (κ1) is 27.6. The minimum atomic E-state index is -1.13. The second kappa shape index (κ2) is 12.1. The Labute approximate surface area is 244 Å². The molecule has 6 nitrogen and oxygen atoms in total. The second-order valence-electron chi connectivity index (χ2n) is 8.84. The third-order valence-electron chi connectivity index (χ3n) is 6.12. The van der Waals surface area contributed by atoms with Crippen LogP contribution in [0.4, 0.5) is 4.39 Å². The number of halogens is 2. The first-order valence-corrected chi connectivity index (χ1v) is 13.7. The fourth-order valence-corrected chi connectivity index (χ4v) is 5.48. The summed E-state index contributed by atoms with van der Waals surface area (Å²) in [7, 11) is 0. The maximum Gasteiger partial charge on any atom is 0.337 e. The highest BCUT2D eigenvalue weighted by molar-refractivity contribution is 8.26. The predicted molar refractivity (Wildman–Crippen MR) is 157 cm³/mol. The van der Waals surface area contributed by atoms with Crippen molar-refractivity contribution in [3.63, 3.8) is 0 Å². The van der Waals surface area contributed by atoms with Gasteiger partial charge >= 0.3 is 5.97 Å². The van der Waals surface area contributed by atoms with E-state index in [4.69, 9.17) is 33.0 Å². The molecule has 1 fully saturated rings. The van der Waals surface area contributed by atoms with E-state index in [-0.39, 0.29) is 22.3 Å². The molecule has 1 amide bonds. The Morgan fingerprint density at radius 2 is 1.77 bits per heavy atom. The van der Waals surface area contributed by atoms with Gasteiger partial charge in [0, 0.05) is 18.2 Å². The van der Waals surface area contributed by atoms with Gasteiger partial charge in [0.25, 0.3) is 5.91 Å². The van der Waals surface area contributed by atoms with Gasteiger partial charge in [-0.25, -0.2) is 9.18 Å². The van der Waals surface area contributed by atoms with Crippen LogP contribution in [0.3, 0.4) is 0 Å². The molecule has 0 atom stereocenters. The highest BCUT2D eigenvalue weighted by atomic mass is 35.5. The molecule has 1 aliphatic heterocycles. The second-order valence-corrected chi connectivity index (χ2v) is 10.9. The molecule has 40 heavy (non-hydrogen) atoms. The average Bonchev–Trinajstić information content (AvgIpc) is 3.51. The van der Waals surface area contributed by atoms with Gasteiger partial charge in [0.15, 0.2) is 0 Å². The van der Waals surface area contributed by atoms with Gasteiger partial charge in [0.2, 0.25) is 0 Å². The molecule has 0 radical (unpaired) electrons. The largest absolute Gasteiger partial charge is 0.489 e. The molecule has 2 heterocycles. The third-order valence-corrected chi connectivity index (χ3v) is 7.83. The van der Waals surface area contributed by atoms with Gasteiger partial charge in [-0.2, -0.15) is 0 Å². The number of thiocarbonyl (C=S) groups is 1. The molecule has 0 spiro atoms. The zero-order valence-corrected chi connectivity index (χ0v) is 23.2. The summed E-state index contributed by atoms with van der Waals surface area (Å²) >= 11 is 12.6. The normalized spacial score (nSPS) is 14.2. The van der Waals surface area contributed by atoms with Gasteiger partial charge in [0.05, 0.1) is 15.5 Å². The number of carbonyl (C=O) groups is 2. The highest BCUT2D eigenvalue weighted by Crippen LogP contribution is 2.34. The van der Waals surface area contributed by atoms with E-state index in [1.807, 2.05) is 24.3 Å². The van der Waals surface area contributed by atoms with Crippen molar-refractivity contribution in [2.75, 3.05) is 6.54 Å². The fourth-order valence-electron chi connectivity index (χ4n) is 3.99. The van der Waals surface area contributed by atoms with Crippen LogP contribution in [0.1, 0.15) is 27.2 Å². The molecule has 1 saturated heterocycles. The van der Waals surface area contributed by atoms with E-state index in [0.717, 1.165) is 11.1 Å². The van der Waals surface area contributed by atoms with Gasteiger partial charge < -0.3 is 14.3 Å². The number of aromatic carboxylic acids is 1. The topological polar surface area (TPSA) is 80.0 Å². The summed E-state index contributed by atoms with van der Waals surface area (Å²) in [6.45, 7) is 0.757. The van der Waals surface area contributed by atoms with Crippen molar-refractivity contribution in [1.29, 1.82) is 0 Å². The number of ether oxygens (including phenoxy) is 1. The van der Waals surface area contributed by atoms with Gasteiger partial charge in [-0.05, 0) is 72.1 Å². The fraction of sp³-hybridized carbons (Fsp3) is 0.100. The number of nitrogens with zero attached hydrogens (tertiary/aromatic N) is 1. The van der Waals surface area contributed by atoms with E-state index in [0.29, 0.717) is 51.6 Å². The van der Waals surface area contributed by atoms with Crippen LogP contribution in [-0.4, -0.2) is 32.7 Å². The molecule has 5 rings (SSSR count). The van der Waals surface area contributed by atoms with Crippen molar-refractivity contribution in [3.05, 3.63) is 117 Å². The zero-order chi connectivity index (χ0) is 28.2. The molecule has 10 heteroatoms. The lowest BCUT2D eigenvalue weighted by Gasteiger charge is -2.14. The van der Waals surface area contributed by atoms with Crippen molar-refractivity contribution in [1.82, 2.24) is 4.90 Å². The van der Waals surface area contributed by atoms with Crippen molar-refractivity contribution < 1.29 is 28.2 Å². The molecular formula is C30H21ClFNO5S2. The summed E-state index contributed by atoms with van der Waals surface area (Å²) in [5, 5.41) is 9.45. The lowest BCUT2D eigenvalue weighted by molar-refractivity contribution is -0.122. The first-order chi connectivity index (χ1) is 19.3. The van der Waals surface area contributed by atoms with Gasteiger partial charge in [-0.1, -0.05) is 59.8 Å². The molecule has 0 unspecified atom stereocenters. The summed E-state index contributed by atoms with van der Waals surface area (Å²) < 4.78 is 25.1. The Morgan fingerprint density at radius 1 is 1.05 bits per heavy atom. The molecule has 202 valence electrons.